The fourth-order valence-electron chi connectivity index (χ4n) is 2.41. The van der Waals surface area contributed by atoms with E-state index >= 15 is 0 Å². The Morgan fingerprint density at radius 3 is 2.11 bits per heavy atom. The Morgan fingerprint density at radius 2 is 1.72 bits per heavy atom. The molecule has 0 heterocycles. The van der Waals surface area contributed by atoms with Crippen LogP contribution in [0.25, 0.3) is 0 Å². The van der Waals surface area contributed by atoms with Crippen molar-refractivity contribution in [3.05, 3.63) is 26.7 Å². The number of benzene rings is 1. The summed E-state index contributed by atoms with van der Waals surface area (Å²) in [6, 6.07) is 0.0900. The van der Waals surface area contributed by atoms with E-state index in [2.05, 4.69) is 42.0 Å². The molecule has 0 saturated heterocycles. The van der Waals surface area contributed by atoms with E-state index < -0.39 is 0 Å². The highest BCUT2D eigenvalue weighted by Crippen LogP contribution is 2.39. The number of halogens is 1. The van der Waals surface area contributed by atoms with E-state index in [0.717, 1.165) is 21.3 Å². The number of nitrogens with two attached hydrogens (primary N) is 1. The molecule has 2 unspecified atom stereocenters. The Balaban J connectivity index is 3.60. The maximum absolute atomic E-state index is 6.08. The van der Waals surface area contributed by atoms with Gasteiger partial charge in [0.05, 0.1) is 13.2 Å². The summed E-state index contributed by atoms with van der Waals surface area (Å²) in [5.41, 5.74) is 10.8. The number of rotatable bonds is 4. The average Bonchev–Trinajstić information content (AvgIpc) is 2.33. The van der Waals surface area contributed by atoms with Crippen molar-refractivity contribution >= 4 is 15.9 Å². The number of likely N-dealkylation sites (N-methyl/N-ethyl adjacent to an activating group) is 1. The van der Waals surface area contributed by atoms with Crippen LogP contribution in [0.2, 0.25) is 0 Å². The quantitative estimate of drug-likeness (QED) is 0.898. The summed E-state index contributed by atoms with van der Waals surface area (Å²) in [6.45, 7) is 8.28. The molecule has 0 bridgehead atoms. The van der Waals surface area contributed by atoms with Gasteiger partial charge in [-0.3, -0.25) is 0 Å². The lowest BCUT2D eigenvalue weighted by Gasteiger charge is -2.27. The second-order valence-corrected chi connectivity index (χ2v) is 5.55. The first kappa shape index (κ1) is 15.5. The molecule has 0 radical (unpaired) electrons. The summed E-state index contributed by atoms with van der Waals surface area (Å²) >= 11 is 3.67. The first-order valence-electron chi connectivity index (χ1n) is 6.12. The third-order valence-electron chi connectivity index (χ3n) is 3.56. The molecule has 4 heteroatoms. The van der Waals surface area contributed by atoms with Crippen molar-refractivity contribution < 1.29 is 4.74 Å². The van der Waals surface area contributed by atoms with Gasteiger partial charge in [0, 0.05) is 16.1 Å². The Morgan fingerprint density at radius 1 is 1.17 bits per heavy atom. The number of hydrogen-bond acceptors (Lipinski definition) is 3. The number of nitrogens with one attached hydrogen (secondary N) is 1. The number of hydrogen-bond donors (Lipinski definition) is 2. The fraction of sp³-hybridized carbons (Fsp3) is 0.571. The first-order valence-corrected chi connectivity index (χ1v) is 6.92. The van der Waals surface area contributed by atoms with E-state index in [9.17, 15) is 0 Å². The molecule has 0 amide bonds. The molecule has 2 atom stereocenters. The van der Waals surface area contributed by atoms with E-state index in [0.29, 0.717) is 0 Å². The van der Waals surface area contributed by atoms with E-state index in [4.69, 9.17) is 10.5 Å². The molecule has 0 aliphatic heterocycles. The number of ether oxygens (including phenoxy) is 1. The molecule has 0 aliphatic carbocycles. The highest BCUT2D eigenvalue weighted by atomic mass is 79.9. The van der Waals surface area contributed by atoms with Crippen molar-refractivity contribution in [2.45, 2.75) is 39.8 Å². The van der Waals surface area contributed by atoms with Gasteiger partial charge in [-0.2, -0.15) is 0 Å². The first-order chi connectivity index (χ1) is 8.36. The lowest BCUT2D eigenvalue weighted by molar-refractivity contribution is 0.390. The number of methoxy groups -OCH3 is 1. The fourth-order valence-corrected chi connectivity index (χ4v) is 2.93. The summed E-state index contributed by atoms with van der Waals surface area (Å²) in [7, 11) is 3.64. The van der Waals surface area contributed by atoms with Crippen LogP contribution in [0.4, 0.5) is 0 Å². The Bertz CT molecular complexity index is 444. The topological polar surface area (TPSA) is 47.3 Å². The van der Waals surface area contributed by atoms with Crippen LogP contribution in [0.3, 0.4) is 0 Å². The molecule has 1 aromatic carbocycles. The molecular formula is C14H23BrN2O. The molecule has 3 N–H and O–H groups in total. The third kappa shape index (κ3) is 2.56. The Hall–Kier alpha value is -0.580. The van der Waals surface area contributed by atoms with Crippen molar-refractivity contribution in [2.24, 2.45) is 5.73 Å². The van der Waals surface area contributed by atoms with Gasteiger partial charge in [0.25, 0.3) is 0 Å². The monoisotopic (exact) mass is 314 g/mol. The molecule has 0 fully saturated rings. The van der Waals surface area contributed by atoms with Crippen LogP contribution >= 0.6 is 15.9 Å². The zero-order valence-electron chi connectivity index (χ0n) is 12.0. The molecule has 102 valence electrons. The molecule has 18 heavy (non-hydrogen) atoms. The van der Waals surface area contributed by atoms with Crippen molar-refractivity contribution in [1.29, 1.82) is 0 Å². The minimum absolute atomic E-state index is 0.0107. The summed E-state index contributed by atoms with van der Waals surface area (Å²) in [5.74, 6) is 0.935. The maximum Gasteiger partial charge on any atom is 0.127 e. The van der Waals surface area contributed by atoms with Gasteiger partial charge in [0.15, 0.2) is 0 Å². The van der Waals surface area contributed by atoms with Crippen molar-refractivity contribution in [3.63, 3.8) is 0 Å². The summed E-state index contributed by atoms with van der Waals surface area (Å²) in [6.07, 6.45) is 0. The Kier molecular flexibility index (Phi) is 5.20. The SMILES string of the molecule is CNC(c1c(C)c(Br)c(C)c(C)c1OC)C(C)N. The standard InChI is InChI=1S/C14H23BrN2O/c1-7-8(2)14(18-6)11(9(3)12(7)15)13(17-5)10(4)16/h10,13,17H,16H2,1-6H3. The Labute approximate surface area is 118 Å². The second-order valence-electron chi connectivity index (χ2n) is 4.76. The van der Waals surface area contributed by atoms with Gasteiger partial charge in [0.1, 0.15) is 5.75 Å². The summed E-state index contributed by atoms with van der Waals surface area (Å²) in [4.78, 5) is 0. The average molecular weight is 315 g/mol. The van der Waals surface area contributed by atoms with Crippen LogP contribution in [0, 0.1) is 20.8 Å². The van der Waals surface area contributed by atoms with Gasteiger partial charge < -0.3 is 15.8 Å². The molecule has 3 nitrogen and oxygen atoms in total. The van der Waals surface area contributed by atoms with Crippen molar-refractivity contribution in [1.82, 2.24) is 5.32 Å². The summed E-state index contributed by atoms with van der Waals surface area (Å²) < 4.78 is 6.75. The van der Waals surface area contributed by atoms with E-state index in [1.807, 2.05) is 14.0 Å². The summed E-state index contributed by atoms with van der Waals surface area (Å²) in [5, 5.41) is 3.28. The lowest BCUT2D eigenvalue weighted by atomic mass is 9.91. The van der Waals surface area contributed by atoms with Crippen molar-refractivity contribution in [3.8, 4) is 5.75 Å². The second kappa shape index (κ2) is 6.04. The van der Waals surface area contributed by atoms with Gasteiger partial charge >= 0.3 is 0 Å². The maximum atomic E-state index is 6.08. The van der Waals surface area contributed by atoms with Crippen LogP contribution in [0.1, 0.15) is 35.2 Å². The predicted molar refractivity (Wildman–Crippen MR) is 80.4 cm³/mol. The molecule has 0 aliphatic rings. The molecule has 1 rings (SSSR count). The van der Waals surface area contributed by atoms with Gasteiger partial charge in [0.2, 0.25) is 0 Å². The van der Waals surface area contributed by atoms with Gasteiger partial charge in [-0.05, 0) is 51.4 Å². The highest BCUT2D eigenvalue weighted by Gasteiger charge is 2.24. The third-order valence-corrected chi connectivity index (χ3v) is 4.75. The zero-order chi connectivity index (χ0) is 14.0. The normalized spacial score (nSPS) is 14.4. The minimum atomic E-state index is 0.0107. The zero-order valence-corrected chi connectivity index (χ0v) is 13.6. The largest absolute Gasteiger partial charge is 0.496 e. The van der Waals surface area contributed by atoms with E-state index in [1.165, 1.54) is 11.1 Å². The molecule has 0 saturated carbocycles. The van der Waals surface area contributed by atoms with Crippen LogP contribution in [-0.2, 0) is 0 Å². The molecule has 0 aromatic heterocycles. The van der Waals surface area contributed by atoms with Gasteiger partial charge in [-0.15, -0.1) is 0 Å². The molecule has 0 spiro atoms. The van der Waals surface area contributed by atoms with Crippen LogP contribution in [-0.4, -0.2) is 20.2 Å². The minimum Gasteiger partial charge on any atom is -0.496 e. The lowest BCUT2D eigenvalue weighted by Crippen LogP contribution is -2.34. The van der Waals surface area contributed by atoms with Crippen LogP contribution < -0.4 is 15.8 Å². The van der Waals surface area contributed by atoms with Crippen LogP contribution in [0.15, 0.2) is 4.47 Å². The van der Waals surface area contributed by atoms with E-state index in [-0.39, 0.29) is 12.1 Å². The van der Waals surface area contributed by atoms with Crippen molar-refractivity contribution in [2.75, 3.05) is 14.2 Å². The molecular weight excluding hydrogens is 292 g/mol. The smallest absolute Gasteiger partial charge is 0.127 e. The van der Waals surface area contributed by atoms with Gasteiger partial charge in [-0.1, -0.05) is 15.9 Å². The molecule has 1 aromatic rings. The van der Waals surface area contributed by atoms with E-state index in [1.54, 1.807) is 7.11 Å². The van der Waals surface area contributed by atoms with Gasteiger partial charge in [-0.25, -0.2) is 0 Å². The predicted octanol–water partition coefficient (Wildman–Crippen LogP) is 2.99. The van der Waals surface area contributed by atoms with Crippen LogP contribution in [0.5, 0.6) is 5.75 Å². The highest BCUT2D eigenvalue weighted by molar-refractivity contribution is 9.10.